The number of benzene rings is 1. The summed E-state index contributed by atoms with van der Waals surface area (Å²) < 4.78 is 29.4. The third kappa shape index (κ3) is 6.32. The van der Waals surface area contributed by atoms with Gasteiger partial charge < -0.3 is 9.88 Å². The van der Waals surface area contributed by atoms with Crippen molar-refractivity contribution in [1.82, 2.24) is 29.2 Å². The lowest BCUT2D eigenvalue weighted by Gasteiger charge is -2.19. The lowest BCUT2D eigenvalue weighted by molar-refractivity contribution is -0.121. The van der Waals surface area contributed by atoms with Crippen LogP contribution in [0.15, 0.2) is 58.5 Å². The quantitative estimate of drug-likeness (QED) is 0.364. The predicted octanol–water partition coefficient (Wildman–Crippen LogP) is 1.76. The Morgan fingerprint density at radius 3 is 2.50 bits per heavy atom. The number of rotatable bonds is 12. The molecule has 1 N–H and O–H groups in total. The van der Waals surface area contributed by atoms with E-state index in [0.717, 1.165) is 22.6 Å². The third-order valence-electron chi connectivity index (χ3n) is 5.53. The van der Waals surface area contributed by atoms with E-state index < -0.39 is 21.5 Å². The van der Waals surface area contributed by atoms with Crippen LogP contribution < -0.4 is 10.9 Å². The highest BCUT2D eigenvalue weighted by atomic mass is 32.2. The fourth-order valence-corrected chi connectivity index (χ4v) is 5.07. The van der Waals surface area contributed by atoms with Crippen LogP contribution in [0.5, 0.6) is 0 Å². The molecule has 3 aromatic rings. The van der Waals surface area contributed by atoms with Crippen molar-refractivity contribution in [3.05, 3.63) is 70.4 Å². The van der Waals surface area contributed by atoms with Crippen LogP contribution in [0.25, 0.3) is 5.69 Å². The Morgan fingerprint density at radius 1 is 1.06 bits per heavy atom. The average Bonchev–Trinajstić information content (AvgIpc) is 3.36. The number of nitrogens with one attached hydrogen (secondary N) is 1. The van der Waals surface area contributed by atoms with Gasteiger partial charge >= 0.3 is 0 Å². The standard InChI is InChI=1S/C24H30N6O5S/c1-4-8-22(31)21-16-30(27-26-21)19-10-7-9-18(13-19)14-25-23(32)17-28-15-20(11-12-24(28)33)36(34,35)29(5-2)6-3/h7,9-13,15-16H,4-6,8,14,17H2,1-3H3,(H,25,32). The average molecular weight is 515 g/mol. The van der Waals surface area contributed by atoms with Crippen molar-refractivity contribution in [2.45, 2.75) is 51.6 Å². The summed E-state index contributed by atoms with van der Waals surface area (Å²) in [6.07, 6.45) is 3.89. The summed E-state index contributed by atoms with van der Waals surface area (Å²) in [6.45, 7) is 5.81. The van der Waals surface area contributed by atoms with Crippen molar-refractivity contribution in [3.63, 3.8) is 0 Å². The number of aromatic nitrogens is 4. The Kier molecular flexibility index (Phi) is 8.88. The molecule has 0 aliphatic rings. The van der Waals surface area contributed by atoms with E-state index in [1.807, 2.05) is 13.0 Å². The first kappa shape index (κ1) is 27.0. The van der Waals surface area contributed by atoms with Gasteiger partial charge in [0.05, 0.1) is 16.8 Å². The molecule has 0 aliphatic heterocycles. The molecule has 0 saturated carbocycles. The van der Waals surface area contributed by atoms with Gasteiger partial charge in [-0.05, 0) is 30.2 Å². The van der Waals surface area contributed by atoms with Gasteiger partial charge in [-0.3, -0.25) is 14.4 Å². The molecule has 0 bridgehead atoms. The van der Waals surface area contributed by atoms with Crippen molar-refractivity contribution in [2.75, 3.05) is 13.1 Å². The first-order valence-electron chi connectivity index (χ1n) is 11.7. The molecule has 0 radical (unpaired) electrons. The largest absolute Gasteiger partial charge is 0.350 e. The lowest BCUT2D eigenvalue weighted by Crippen LogP contribution is -2.34. The summed E-state index contributed by atoms with van der Waals surface area (Å²) in [5.74, 6) is -0.524. The predicted molar refractivity (Wildman–Crippen MR) is 133 cm³/mol. The second-order valence-electron chi connectivity index (χ2n) is 8.09. The van der Waals surface area contributed by atoms with Crippen LogP contribution in [0.2, 0.25) is 0 Å². The SMILES string of the molecule is CCCC(=O)c1cn(-c2cccc(CNC(=O)Cn3cc(S(=O)(=O)N(CC)CC)ccc3=O)c2)nn1. The molecule has 1 amide bonds. The van der Waals surface area contributed by atoms with E-state index in [1.54, 1.807) is 38.2 Å². The molecule has 1 aromatic carbocycles. The Bertz CT molecular complexity index is 1390. The number of pyridine rings is 1. The second kappa shape index (κ2) is 11.9. The van der Waals surface area contributed by atoms with Gasteiger partial charge in [-0.15, -0.1) is 5.10 Å². The van der Waals surface area contributed by atoms with E-state index in [-0.39, 0.29) is 23.8 Å². The molecular formula is C24H30N6O5S. The van der Waals surface area contributed by atoms with Crippen LogP contribution in [0.1, 0.15) is 49.7 Å². The van der Waals surface area contributed by atoms with Gasteiger partial charge in [0.25, 0.3) is 5.56 Å². The minimum absolute atomic E-state index is 0.0454. The Hall–Kier alpha value is -3.64. The number of amides is 1. The topological polar surface area (TPSA) is 136 Å². The van der Waals surface area contributed by atoms with Gasteiger partial charge in [0.1, 0.15) is 12.2 Å². The lowest BCUT2D eigenvalue weighted by atomic mass is 10.2. The molecule has 36 heavy (non-hydrogen) atoms. The van der Waals surface area contributed by atoms with Crippen LogP contribution >= 0.6 is 0 Å². The van der Waals surface area contributed by atoms with Crippen LogP contribution in [0.3, 0.4) is 0 Å². The number of hydrogen-bond acceptors (Lipinski definition) is 7. The van der Waals surface area contributed by atoms with Crippen molar-refractivity contribution in [1.29, 1.82) is 0 Å². The number of Topliss-reactive ketones (excluding diaryl/α,β-unsaturated/α-hetero) is 1. The molecule has 12 heteroatoms. The van der Waals surface area contributed by atoms with E-state index in [1.165, 1.54) is 21.3 Å². The normalized spacial score (nSPS) is 11.6. The summed E-state index contributed by atoms with van der Waals surface area (Å²) in [7, 11) is -3.76. The summed E-state index contributed by atoms with van der Waals surface area (Å²) in [5, 5.41) is 10.7. The highest BCUT2D eigenvalue weighted by molar-refractivity contribution is 7.89. The molecule has 0 unspecified atom stereocenters. The van der Waals surface area contributed by atoms with E-state index in [4.69, 9.17) is 0 Å². The number of carbonyl (C=O) groups is 2. The van der Waals surface area contributed by atoms with Crippen LogP contribution in [0, 0.1) is 0 Å². The van der Waals surface area contributed by atoms with Gasteiger partial charge in [-0.1, -0.05) is 38.1 Å². The molecular weight excluding hydrogens is 484 g/mol. The minimum Gasteiger partial charge on any atom is -0.350 e. The van der Waals surface area contributed by atoms with Gasteiger partial charge in [-0.25, -0.2) is 13.1 Å². The zero-order chi connectivity index (χ0) is 26.3. The first-order valence-corrected chi connectivity index (χ1v) is 13.2. The Balaban J connectivity index is 1.68. The summed E-state index contributed by atoms with van der Waals surface area (Å²) in [5.41, 5.74) is 1.26. The Morgan fingerprint density at radius 2 is 1.81 bits per heavy atom. The van der Waals surface area contributed by atoms with E-state index >= 15 is 0 Å². The zero-order valence-electron chi connectivity index (χ0n) is 20.5. The van der Waals surface area contributed by atoms with E-state index in [9.17, 15) is 22.8 Å². The smallest absolute Gasteiger partial charge is 0.251 e. The van der Waals surface area contributed by atoms with Crippen molar-refractivity contribution in [3.8, 4) is 5.69 Å². The minimum atomic E-state index is -3.76. The van der Waals surface area contributed by atoms with Crippen LogP contribution in [-0.4, -0.2) is 57.1 Å². The van der Waals surface area contributed by atoms with Gasteiger partial charge in [-0.2, -0.15) is 4.31 Å². The maximum absolute atomic E-state index is 12.8. The van der Waals surface area contributed by atoms with Crippen LogP contribution in [0.4, 0.5) is 0 Å². The maximum atomic E-state index is 12.8. The van der Waals surface area contributed by atoms with E-state index in [2.05, 4.69) is 15.6 Å². The number of carbonyl (C=O) groups excluding carboxylic acids is 2. The molecule has 2 heterocycles. The van der Waals surface area contributed by atoms with Gasteiger partial charge in [0.15, 0.2) is 5.78 Å². The maximum Gasteiger partial charge on any atom is 0.251 e. The van der Waals surface area contributed by atoms with Gasteiger partial charge in [0.2, 0.25) is 15.9 Å². The molecule has 0 saturated heterocycles. The summed E-state index contributed by atoms with van der Waals surface area (Å²) >= 11 is 0. The van der Waals surface area contributed by atoms with E-state index in [0.29, 0.717) is 30.9 Å². The second-order valence-corrected chi connectivity index (χ2v) is 10.0. The highest BCUT2D eigenvalue weighted by Gasteiger charge is 2.22. The molecule has 2 aromatic heterocycles. The van der Waals surface area contributed by atoms with Crippen LogP contribution in [-0.2, 0) is 27.9 Å². The van der Waals surface area contributed by atoms with Crippen molar-refractivity contribution < 1.29 is 18.0 Å². The number of nitrogens with zero attached hydrogens (tertiary/aromatic N) is 5. The molecule has 192 valence electrons. The van der Waals surface area contributed by atoms with Crippen molar-refractivity contribution in [2.24, 2.45) is 0 Å². The molecule has 3 rings (SSSR count). The Labute approximate surface area is 209 Å². The highest BCUT2D eigenvalue weighted by Crippen LogP contribution is 2.14. The fourth-order valence-electron chi connectivity index (χ4n) is 3.59. The molecule has 0 aliphatic carbocycles. The number of ketones is 1. The summed E-state index contributed by atoms with van der Waals surface area (Å²) in [4.78, 5) is 36.8. The molecule has 0 spiro atoms. The zero-order valence-corrected chi connectivity index (χ0v) is 21.4. The molecule has 0 atom stereocenters. The first-order chi connectivity index (χ1) is 17.2. The monoisotopic (exact) mass is 514 g/mol. The fraction of sp³-hybridized carbons (Fsp3) is 0.375. The number of sulfonamides is 1. The molecule has 11 nitrogen and oxygen atoms in total. The molecule has 0 fully saturated rings. The third-order valence-corrected chi connectivity index (χ3v) is 7.57. The van der Waals surface area contributed by atoms with Crippen molar-refractivity contribution >= 4 is 21.7 Å². The summed E-state index contributed by atoms with van der Waals surface area (Å²) in [6, 6.07) is 9.60. The van der Waals surface area contributed by atoms with Gasteiger partial charge in [0, 0.05) is 38.3 Å². The number of hydrogen-bond donors (Lipinski definition) is 1.